The van der Waals surface area contributed by atoms with Crippen molar-refractivity contribution in [2.45, 2.75) is 18.1 Å². The van der Waals surface area contributed by atoms with E-state index in [4.69, 9.17) is 0 Å². The molecular formula is C22H25FN4OS. The lowest BCUT2D eigenvalue weighted by molar-refractivity contribution is -0.118. The molecule has 152 valence electrons. The van der Waals surface area contributed by atoms with Crippen molar-refractivity contribution in [2.75, 3.05) is 26.4 Å². The van der Waals surface area contributed by atoms with E-state index in [0.717, 1.165) is 22.0 Å². The molecule has 3 aromatic rings. The number of rotatable bonds is 8. The van der Waals surface area contributed by atoms with E-state index in [1.807, 2.05) is 67.0 Å². The normalized spacial score (nSPS) is 12.2. The number of para-hydroxylation sites is 1. The van der Waals surface area contributed by atoms with Crippen molar-refractivity contribution in [2.24, 2.45) is 0 Å². The molecule has 0 fully saturated rings. The number of nitrogens with zero attached hydrogens (tertiary/aromatic N) is 3. The summed E-state index contributed by atoms with van der Waals surface area (Å²) in [5.74, 6) is -0.108. The highest BCUT2D eigenvalue weighted by Crippen LogP contribution is 2.23. The fraction of sp³-hybridized carbons (Fsp3) is 0.273. The maximum absolute atomic E-state index is 13.6. The highest BCUT2D eigenvalue weighted by Gasteiger charge is 2.16. The summed E-state index contributed by atoms with van der Waals surface area (Å²) in [6.45, 7) is 2.45. The predicted molar refractivity (Wildman–Crippen MR) is 115 cm³/mol. The number of halogens is 1. The van der Waals surface area contributed by atoms with Crippen LogP contribution in [0.1, 0.15) is 17.2 Å². The van der Waals surface area contributed by atoms with E-state index in [2.05, 4.69) is 10.3 Å². The van der Waals surface area contributed by atoms with Crippen molar-refractivity contribution in [1.82, 2.24) is 19.8 Å². The molecule has 7 heteroatoms. The fourth-order valence-corrected chi connectivity index (χ4v) is 3.91. The Balaban J connectivity index is 1.59. The van der Waals surface area contributed by atoms with E-state index in [-0.39, 0.29) is 23.5 Å². The number of hydrogen-bond donors (Lipinski definition) is 1. The fourth-order valence-electron chi connectivity index (χ4n) is 3.12. The van der Waals surface area contributed by atoms with Gasteiger partial charge in [-0.15, -0.1) is 0 Å². The third-order valence-corrected chi connectivity index (χ3v) is 5.63. The SMILES string of the molecule is Cc1ccccc1-n1ccnc1SCC(=O)NCC(c1cccc(F)c1)N(C)C. The topological polar surface area (TPSA) is 50.2 Å². The van der Waals surface area contributed by atoms with E-state index in [0.29, 0.717) is 6.54 Å². The summed E-state index contributed by atoms with van der Waals surface area (Å²) in [5.41, 5.74) is 3.02. The van der Waals surface area contributed by atoms with E-state index in [9.17, 15) is 9.18 Å². The largest absolute Gasteiger partial charge is 0.353 e. The Morgan fingerprint density at radius 2 is 2.03 bits per heavy atom. The van der Waals surface area contributed by atoms with Gasteiger partial charge < -0.3 is 10.2 Å². The van der Waals surface area contributed by atoms with E-state index >= 15 is 0 Å². The van der Waals surface area contributed by atoms with Crippen LogP contribution in [0.3, 0.4) is 0 Å². The van der Waals surface area contributed by atoms with Gasteiger partial charge in [-0.3, -0.25) is 9.36 Å². The van der Waals surface area contributed by atoms with Crippen LogP contribution in [-0.2, 0) is 4.79 Å². The molecule has 0 aliphatic heterocycles. The van der Waals surface area contributed by atoms with Crippen LogP contribution in [0, 0.1) is 12.7 Å². The summed E-state index contributed by atoms with van der Waals surface area (Å²) in [7, 11) is 3.82. The maximum Gasteiger partial charge on any atom is 0.230 e. The van der Waals surface area contributed by atoms with Gasteiger partial charge in [0.2, 0.25) is 5.91 Å². The first-order chi connectivity index (χ1) is 14.0. The molecule has 0 saturated heterocycles. The van der Waals surface area contributed by atoms with Gasteiger partial charge in [0.25, 0.3) is 0 Å². The van der Waals surface area contributed by atoms with E-state index in [1.165, 1.54) is 23.9 Å². The zero-order valence-corrected chi connectivity index (χ0v) is 17.6. The molecule has 1 aromatic heterocycles. The molecule has 1 amide bonds. The van der Waals surface area contributed by atoms with E-state index in [1.54, 1.807) is 12.3 Å². The second-order valence-corrected chi connectivity index (χ2v) is 7.94. The van der Waals surface area contributed by atoms with Crippen LogP contribution in [0.25, 0.3) is 5.69 Å². The van der Waals surface area contributed by atoms with Crippen LogP contribution in [-0.4, -0.2) is 46.8 Å². The summed E-state index contributed by atoms with van der Waals surface area (Å²) in [6, 6.07) is 14.4. The number of benzene rings is 2. The van der Waals surface area contributed by atoms with Gasteiger partial charge >= 0.3 is 0 Å². The van der Waals surface area contributed by atoms with Crippen LogP contribution in [0.5, 0.6) is 0 Å². The molecule has 0 aliphatic carbocycles. The number of carbonyl (C=O) groups is 1. The minimum Gasteiger partial charge on any atom is -0.353 e. The van der Waals surface area contributed by atoms with Crippen molar-refractivity contribution in [1.29, 1.82) is 0 Å². The number of aromatic nitrogens is 2. The third-order valence-electron chi connectivity index (χ3n) is 4.66. The van der Waals surface area contributed by atoms with Crippen molar-refractivity contribution >= 4 is 17.7 Å². The highest BCUT2D eigenvalue weighted by molar-refractivity contribution is 7.99. The number of hydrogen-bond acceptors (Lipinski definition) is 4. The molecular weight excluding hydrogens is 387 g/mol. The van der Waals surface area contributed by atoms with E-state index < -0.39 is 0 Å². The Kier molecular flexibility index (Phi) is 7.06. The molecule has 1 atom stereocenters. The van der Waals surface area contributed by atoms with Gasteiger partial charge in [-0.2, -0.15) is 0 Å². The Bertz CT molecular complexity index is 973. The van der Waals surface area contributed by atoms with Gasteiger partial charge in [-0.05, 0) is 50.3 Å². The van der Waals surface area contributed by atoms with Gasteiger partial charge in [0.1, 0.15) is 5.82 Å². The maximum atomic E-state index is 13.6. The van der Waals surface area contributed by atoms with Gasteiger partial charge in [-0.1, -0.05) is 42.1 Å². The first-order valence-electron chi connectivity index (χ1n) is 9.36. The Labute approximate surface area is 174 Å². The lowest BCUT2D eigenvalue weighted by atomic mass is 10.1. The van der Waals surface area contributed by atoms with Crippen molar-refractivity contribution in [3.05, 3.63) is 77.9 Å². The number of nitrogens with one attached hydrogen (secondary N) is 1. The summed E-state index contributed by atoms with van der Waals surface area (Å²) >= 11 is 1.39. The lowest BCUT2D eigenvalue weighted by Gasteiger charge is -2.25. The molecule has 1 unspecified atom stereocenters. The van der Waals surface area contributed by atoms with Gasteiger partial charge in [0.05, 0.1) is 17.5 Å². The Morgan fingerprint density at radius 3 is 2.76 bits per heavy atom. The van der Waals surface area contributed by atoms with Gasteiger partial charge in [-0.25, -0.2) is 9.37 Å². The molecule has 0 spiro atoms. The minimum absolute atomic E-state index is 0.0856. The van der Waals surface area contributed by atoms with Crippen LogP contribution in [0.2, 0.25) is 0 Å². The molecule has 1 N–H and O–H groups in total. The number of likely N-dealkylation sites (N-methyl/N-ethyl adjacent to an activating group) is 1. The third kappa shape index (κ3) is 5.46. The Hall–Kier alpha value is -2.64. The molecule has 3 rings (SSSR count). The zero-order chi connectivity index (χ0) is 20.8. The number of carbonyl (C=O) groups excluding carboxylic acids is 1. The second-order valence-electron chi connectivity index (χ2n) is 6.99. The van der Waals surface area contributed by atoms with Crippen molar-refractivity contribution in [3.63, 3.8) is 0 Å². The number of imidazole rings is 1. The second kappa shape index (κ2) is 9.71. The van der Waals surface area contributed by atoms with Crippen LogP contribution < -0.4 is 5.32 Å². The minimum atomic E-state index is -0.278. The standard InChI is InChI=1S/C22H25FN4OS/c1-16-7-4-5-10-19(16)27-12-11-24-22(27)29-15-21(28)25-14-20(26(2)3)17-8-6-9-18(23)13-17/h4-13,20H,14-15H2,1-3H3,(H,25,28). The molecule has 0 saturated carbocycles. The number of thioether (sulfide) groups is 1. The zero-order valence-electron chi connectivity index (χ0n) is 16.8. The smallest absolute Gasteiger partial charge is 0.230 e. The monoisotopic (exact) mass is 412 g/mol. The lowest BCUT2D eigenvalue weighted by Crippen LogP contribution is -2.35. The quantitative estimate of drug-likeness (QED) is 0.572. The number of aryl methyl sites for hydroxylation is 1. The van der Waals surface area contributed by atoms with Crippen LogP contribution in [0.15, 0.2) is 66.1 Å². The predicted octanol–water partition coefficient (Wildman–Crippen LogP) is 3.83. The first-order valence-corrected chi connectivity index (χ1v) is 10.3. The summed E-state index contributed by atoms with van der Waals surface area (Å²) in [5, 5.41) is 3.72. The molecule has 0 radical (unpaired) electrons. The Morgan fingerprint density at radius 1 is 1.24 bits per heavy atom. The molecule has 5 nitrogen and oxygen atoms in total. The average Bonchev–Trinajstić information content (AvgIpc) is 3.15. The first kappa shape index (κ1) is 21.1. The van der Waals surface area contributed by atoms with Crippen molar-refractivity contribution < 1.29 is 9.18 Å². The number of amides is 1. The van der Waals surface area contributed by atoms with Gasteiger partial charge in [0, 0.05) is 18.9 Å². The summed E-state index contributed by atoms with van der Waals surface area (Å²) in [6.07, 6.45) is 3.63. The molecule has 1 heterocycles. The molecule has 2 aromatic carbocycles. The summed E-state index contributed by atoms with van der Waals surface area (Å²) in [4.78, 5) is 18.8. The molecule has 29 heavy (non-hydrogen) atoms. The van der Waals surface area contributed by atoms with Crippen LogP contribution >= 0.6 is 11.8 Å². The van der Waals surface area contributed by atoms with Crippen molar-refractivity contribution in [3.8, 4) is 5.69 Å². The molecule has 0 aliphatic rings. The van der Waals surface area contributed by atoms with Crippen LogP contribution in [0.4, 0.5) is 4.39 Å². The highest BCUT2D eigenvalue weighted by atomic mass is 32.2. The average molecular weight is 413 g/mol. The molecule has 0 bridgehead atoms. The van der Waals surface area contributed by atoms with Gasteiger partial charge in [0.15, 0.2) is 5.16 Å². The summed E-state index contributed by atoms with van der Waals surface area (Å²) < 4.78 is 15.5.